The molecule has 0 radical (unpaired) electrons. The number of ketones is 1. The molecule has 0 unspecified atom stereocenters. The molecule has 1 N–H and O–H groups in total. The second kappa shape index (κ2) is 10.1. The van der Waals surface area contributed by atoms with E-state index in [9.17, 15) is 14.4 Å². The van der Waals surface area contributed by atoms with Crippen LogP contribution in [0.25, 0.3) is 0 Å². The van der Waals surface area contributed by atoms with Gasteiger partial charge >= 0.3 is 5.97 Å². The molecule has 0 aliphatic carbocycles. The average molecular weight is 406 g/mol. The summed E-state index contributed by atoms with van der Waals surface area (Å²) in [6.07, 6.45) is 0. The number of nitrogens with one attached hydrogen (secondary N) is 1. The number of carbonyl (C=O) groups excluding carboxylic acids is 3. The maximum absolute atomic E-state index is 12.4. The molecule has 2 aromatic rings. The second-order valence-corrected chi connectivity index (χ2v) is 7.41. The molecule has 142 valence electrons. The highest BCUT2D eigenvalue weighted by Gasteiger charge is 2.17. The molecule has 0 saturated heterocycles. The van der Waals surface area contributed by atoms with Gasteiger partial charge in [-0.15, -0.1) is 11.8 Å². The highest BCUT2D eigenvalue weighted by atomic mass is 35.5. The van der Waals surface area contributed by atoms with E-state index in [4.69, 9.17) is 16.3 Å². The third-order valence-electron chi connectivity index (χ3n) is 3.42. The summed E-state index contributed by atoms with van der Waals surface area (Å²) in [6, 6.07) is 13.4. The van der Waals surface area contributed by atoms with Crippen LogP contribution in [0.3, 0.4) is 0 Å². The van der Waals surface area contributed by atoms with Crippen molar-refractivity contribution >= 4 is 41.0 Å². The maximum Gasteiger partial charge on any atom is 0.339 e. The summed E-state index contributed by atoms with van der Waals surface area (Å²) in [7, 11) is 0. The zero-order valence-electron chi connectivity index (χ0n) is 15.0. The van der Waals surface area contributed by atoms with Crippen LogP contribution in [0.15, 0.2) is 53.4 Å². The van der Waals surface area contributed by atoms with Crippen molar-refractivity contribution in [2.75, 3.05) is 12.4 Å². The molecule has 7 heteroatoms. The van der Waals surface area contributed by atoms with Crippen molar-refractivity contribution < 1.29 is 19.1 Å². The monoisotopic (exact) mass is 405 g/mol. The highest BCUT2D eigenvalue weighted by molar-refractivity contribution is 8.00. The standard InChI is InChI=1S/C20H20ClNO4S/c1-13(2)22-19(24)12-27-18-10-6-4-8-15(18)20(25)26-11-17(23)14-7-3-5-9-16(14)21/h3-10,13H,11-12H2,1-2H3,(H,22,24). The van der Waals surface area contributed by atoms with Gasteiger partial charge in [-0.05, 0) is 38.1 Å². The first kappa shape index (κ1) is 21.0. The van der Waals surface area contributed by atoms with Gasteiger partial charge in [-0.25, -0.2) is 4.79 Å². The third-order valence-corrected chi connectivity index (χ3v) is 4.83. The summed E-state index contributed by atoms with van der Waals surface area (Å²) in [5.74, 6) is -0.939. The van der Waals surface area contributed by atoms with Crippen LogP contribution >= 0.6 is 23.4 Å². The highest BCUT2D eigenvalue weighted by Crippen LogP contribution is 2.23. The van der Waals surface area contributed by atoms with Gasteiger partial charge in [0.1, 0.15) is 0 Å². The minimum atomic E-state index is -0.622. The number of thioether (sulfide) groups is 1. The van der Waals surface area contributed by atoms with Crippen LogP contribution in [0.1, 0.15) is 34.6 Å². The van der Waals surface area contributed by atoms with Crippen molar-refractivity contribution in [3.05, 3.63) is 64.7 Å². The largest absolute Gasteiger partial charge is 0.454 e. The zero-order valence-corrected chi connectivity index (χ0v) is 16.6. The molecular formula is C20H20ClNO4S. The first-order chi connectivity index (χ1) is 12.9. The van der Waals surface area contributed by atoms with Crippen molar-refractivity contribution in [3.8, 4) is 0 Å². The Morgan fingerprint density at radius 2 is 1.67 bits per heavy atom. The van der Waals surface area contributed by atoms with Crippen molar-refractivity contribution in [3.63, 3.8) is 0 Å². The van der Waals surface area contributed by atoms with E-state index in [2.05, 4.69) is 5.32 Å². The smallest absolute Gasteiger partial charge is 0.339 e. The molecule has 0 spiro atoms. The number of halogens is 1. The first-order valence-corrected chi connectivity index (χ1v) is 9.71. The molecule has 0 aromatic heterocycles. The molecule has 5 nitrogen and oxygen atoms in total. The van der Waals surface area contributed by atoms with Crippen LogP contribution in [-0.4, -0.2) is 36.1 Å². The molecule has 0 aliphatic rings. The van der Waals surface area contributed by atoms with E-state index in [1.807, 2.05) is 13.8 Å². The molecular weight excluding hydrogens is 386 g/mol. The van der Waals surface area contributed by atoms with Crippen LogP contribution < -0.4 is 5.32 Å². The van der Waals surface area contributed by atoms with Gasteiger partial charge in [0.25, 0.3) is 0 Å². The quantitative estimate of drug-likeness (QED) is 0.408. The van der Waals surface area contributed by atoms with Crippen molar-refractivity contribution in [2.45, 2.75) is 24.8 Å². The number of hydrogen-bond acceptors (Lipinski definition) is 5. The second-order valence-electron chi connectivity index (χ2n) is 5.99. The van der Waals surface area contributed by atoms with E-state index in [1.54, 1.807) is 48.5 Å². The van der Waals surface area contributed by atoms with Crippen molar-refractivity contribution in [1.82, 2.24) is 5.32 Å². The molecule has 0 bridgehead atoms. The first-order valence-electron chi connectivity index (χ1n) is 8.34. The van der Waals surface area contributed by atoms with Crippen molar-refractivity contribution in [1.29, 1.82) is 0 Å². The predicted molar refractivity (Wildman–Crippen MR) is 107 cm³/mol. The zero-order chi connectivity index (χ0) is 19.8. The summed E-state index contributed by atoms with van der Waals surface area (Å²) >= 11 is 7.22. The van der Waals surface area contributed by atoms with E-state index in [0.29, 0.717) is 21.0 Å². The number of Topliss-reactive ketones (excluding diaryl/α,β-unsaturated/α-hetero) is 1. The van der Waals surface area contributed by atoms with E-state index in [-0.39, 0.29) is 23.5 Å². The van der Waals surface area contributed by atoms with Crippen LogP contribution in [0.4, 0.5) is 0 Å². The van der Waals surface area contributed by atoms with Gasteiger partial charge in [-0.3, -0.25) is 9.59 Å². The Labute approximate surface area is 167 Å². The van der Waals surface area contributed by atoms with Gasteiger partial charge < -0.3 is 10.1 Å². The molecule has 0 fully saturated rings. The van der Waals surface area contributed by atoms with Gasteiger partial charge in [0.15, 0.2) is 6.61 Å². The number of amides is 1. The topological polar surface area (TPSA) is 72.5 Å². The Bertz CT molecular complexity index is 838. The maximum atomic E-state index is 12.4. The van der Waals surface area contributed by atoms with Gasteiger partial charge in [0.2, 0.25) is 11.7 Å². The molecule has 2 aromatic carbocycles. The molecule has 27 heavy (non-hydrogen) atoms. The Balaban J connectivity index is 1.99. The van der Waals surface area contributed by atoms with Crippen LogP contribution in [0, 0.1) is 0 Å². The Kier molecular flexibility index (Phi) is 7.88. The van der Waals surface area contributed by atoms with Gasteiger partial charge in [0, 0.05) is 16.5 Å². The van der Waals surface area contributed by atoms with E-state index < -0.39 is 12.6 Å². The molecule has 1 amide bonds. The lowest BCUT2D eigenvalue weighted by Crippen LogP contribution is -2.31. The Morgan fingerprint density at radius 3 is 2.33 bits per heavy atom. The normalized spacial score (nSPS) is 10.5. The summed E-state index contributed by atoms with van der Waals surface area (Å²) < 4.78 is 5.15. The summed E-state index contributed by atoms with van der Waals surface area (Å²) in [4.78, 5) is 37.0. The average Bonchev–Trinajstić information content (AvgIpc) is 2.64. The lowest BCUT2D eigenvalue weighted by Gasteiger charge is -2.11. The van der Waals surface area contributed by atoms with Gasteiger partial charge in [-0.2, -0.15) is 0 Å². The Hall–Kier alpha value is -2.31. The summed E-state index contributed by atoms with van der Waals surface area (Å²) in [5, 5.41) is 3.10. The van der Waals surface area contributed by atoms with Crippen LogP contribution in [0.5, 0.6) is 0 Å². The van der Waals surface area contributed by atoms with Crippen LogP contribution in [-0.2, 0) is 9.53 Å². The van der Waals surface area contributed by atoms with E-state index in [0.717, 1.165) is 0 Å². The minimum absolute atomic E-state index is 0.0501. The minimum Gasteiger partial charge on any atom is -0.454 e. The number of carbonyl (C=O) groups is 3. The third kappa shape index (κ3) is 6.41. The van der Waals surface area contributed by atoms with Crippen molar-refractivity contribution in [2.24, 2.45) is 0 Å². The molecule has 0 atom stereocenters. The lowest BCUT2D eigenvalue weighted by atomic mass is 10.1. The number of esters is 1. The fourth-order valence-corrected chi connectivity index (χ4v) is 3.33. The van der Waals surface area contributed by atoms with Gasteiger partial charge in [-0.1, -0.05) is 35.9 Å². The van der Waals surface area contributed by atoms with Gasteiger partial charge in [0.05, 0.1) is 16.3 Å². The predicted octanol–water partition coefficient (Wildman–Crippen LogP) is 4.00. The number of rotatable bonds is 8. The summed E-state index contributed by atoms with van der Waals surface area (Å²) in [6.45, 7) is 3.35. The number of hydrogen-bond donors (Lipinski definition) is 1. The molecule has 2 rings (SSSR count). The fourth-order valence-electron chi connectivity index (χ4n) is 2.24. The SMILES string of the molecule is CC(C)NC(=O)CSc1ccccc1C(=O)OCC(=O)c1ccccc1Cl. The number of ether oxygens (including phenoxy) is 1. The summed E-state index contributed by atoms with van der Waals surface area (Å²) in [5.41, 5.74) is 0.617. The molecule has 0 heterocycles. The van der Waals surface area contributed by atoms with E-state index in [1.165, 1.54) is 11.8 Å². The Morgan fingerprint density at radius 1 is 1.04 bits per heavy atom. The fraction of sp³-hybridized carbons (Fsp3) is 0.250. The molecule has 0 aliphatic heterocycles. The van der Waals surface area contributed by atoms with Crippen LogP contribution in [0.2, 0.25) is 5.02 Å². The van der Waals surface area contributed by atoms with E-state index >= 15 is 0 Å². The lowest BCUT2D eigenvalue weighted by molar-refractivity contribution is -0.119. The molecule has 0 saturated carbocycles. The number of benzene rings is 2.